The normalized spacial score (nSPS) is 13.7. The molecule has 0 saturated carbocycles. The first-order chi connectivity index (χ1) is 10.0. The molecule has 0 bridgehead atoms. The van der Waals surface area contributed by atoms with Crippen molar-refractivity contribution in [2.75, 3.05) is 0 Å². The Morgan fingerprint density at radius 2 is 2.19 bits per heavy atom. The number of aromatic nitrogens is 2. The van der Waals surface area contributed by atoms with Gasteiger partial charge in [-0.3, -0.25) is 4.68 Å². The van der Waals surface area contributed by atoms with E-state index in [1.807, 2.05) is 37.0 Å². The van der Waals surface area contributed by atoms with Crippen LogP contribution in [0.2, 0.25) is 0 Å². The Balaban J connectivity index is 1.98. The van der Waals surface area contributed by atoms with Crippen LogP contribution >= 0.6 is 0 Å². The van der Waals surface area contributed by atoms with Crippen LogP contribution in [0.15, 0.2) is 30.6 Å². The van der Waals surface area contributed by atoms with Crippen LogP contribution in [0.3, 0.4) is 0 Å². The number of hydrogen-bond donors (Lipinski definition) is 1. The van der Waals surface area contributed by atoms with Crippen LogP contribution in [0.5, 0.6) is 0 Å². The van der Waals surface area contributed by atoms with Crippen LogP contribution in [0.4, 0.5) is 4.39 Å². The summed E-state index contributed by atoms with van der Waals surface area (Å²) in [5.74, 6) is -0.351. The van der Waals surface area contributed by atoms with Crippen molar-refractivity contribution in [3.05, 3.63) is 53.1 Å². The van der Waals surface area contributed by atoms with Crippen LogP contribution < -0.4 is 5.32 Å². The molecule has 5 heteroatoms. The predicted molar refractivity (Wildman–Crippen MR) is 79.1 cm³/mol. The largest absolute Gasteiger partial charge is 0.308 e. The number of rotatable bonds is 5. The number of halogens is 1. The van der Waals surface area contributed by atoms with Crippen molar-refractivity contribution in [2.45, 2.75) is 39.4 Å². The smallest absolute Gasteiger partial charge is 0.129 e. The van der Waals surface area contributed by atoms with E-state index in [0.29, 0.717) is 17.7 Å². The number of aryl methyl sites for hydroxylation is 1. The average molecular weight is 286 g/mol. The van der Waals surface area contributed by atoms with E-state index in [9.17, 15) is 4.39 Å². The minimum absolute atomic E-state index is 0.138. The van der Waals surface area contributed by atoms with Crippen molar-refractivity contribution < 1.29 is 4.39 Å². The van der Waals surface area contributed by atoms with Gasteiger partial charge in [0, 0.05) is 24.3 Å². The zero-order valence-electron chi connectivity index (χ0n) is 12.5. The summed E-state index contributed by atoms with van der Waals surface area (Å²) >= 11 is 0. The fourth-order valence-electron chi connectivity index (χ4n) is 2.09. The van der Waals surface area contributed by atoms with Crippen LogP contribution in [0.25, 0.3) is 0 Å². The highest BCUT2D eigenvalue weighted by Gasteiger charge is 2.15. The van der Waals surface area contributed by atoms with Crippen LogP contribution in [-0.2, 0) is 6.54 Å². The molecular weight excluding hydrogens is 267 g/mol. The van der Waals surface area contributed by atoms with Crippen molar-refractivity contribution in [2.24, 2.45) is 0 Å². The third kappa shape index (κ3) is 3.67. The second-order valence-electron chi connectivity index (χ2n) is 5.33. The molecule has 2 rings (SSSR count). The summed E-state index contributed by atoms with van der Waals surface area (Å²) in [6.45, 7) is 6.53. The summed E-state index contributed by atoms with van der Waals surface area (Å²) in [5, 5.41) is 16.3. The second kappa shape index (κ2) is 6.51. The highest BCUT2D eigenvalue weighted by Crippen LogP contribution is 2.13. The molecule has 0 saturated heterocycles. The Morgan fingerprint density at radius 3 is 2.76 bits per heavy atom. The number of nitriles is 1. The maximum absolute atomic E-state index is 13.8. The lowest BCUT2D eigenvalue weighted by molar-refractivity contribution is 0.363. The monoisotopic (exact) mass is 286 g/mol. The summed E-state index contributed by atoms with van der Waals surface area (Å²) in [7, 11) is 0. The Hall–Kier alpha value is -2.19. The van der Waals surface area contributed by atoms with E-state index in [4.69, 9.17) is 5.26 Å². The van der Waals surface area contributed by atoms with E-state index in [0.717, 1.165) is 5.56 Å². The van der Waals surface area contributed by atoms with Gasteiger partial charge in [-0.1, -0.05) is 6.07 Å². The van der Waals surface area contributed by atoms with Gasteiger partial charge < -0.3 is 5.32 Å². The Labute approximate surface area is 124 Å². The van der Waals surface area contributed by atoms with Crippen molar-refractivity contribution in [3.8, 4) is 6.07 Å². The van der Waals surface area contributed by atoms with Gasteiger partial charge in [-0.2, -0.15) is 10.4 Å². The van der Waals surface area contributed by atoms with Gasteiger partial charge in [0.15, 0.2) is 0 Å². The molecule has 2 aromatic rings. The molecule has 0 aliphatic rings. The minimum Gasteiger partial charge on any atom is -0.308 e. The zero-order valence-corrected chi connectivity index (χ0v) is 12.5. The van der Waals surface area contributed by atoms with Gasteiger partial charge in [0.05, 0.1) is 23.9 Å². The molecule has 0 fully saturated rings. The van der Waals surface area contributed by atoms with E-state index in [2.05, 4.69) is 17.3 Å². The lowest BCUT2D eigenvalue weighted by Gasteiger charge is -2.22. The number of benzene rings is 1. The SMILES string of the molecule is Cc1cnn([C@@H](C)[C@H](C)NCc2ccc(C#N)cc2F)c1. The van der Waals surface area contributed by atoms with Crippen LogP contribution in [-0.4, -0.2) is 15.8 Å². The van der Waals surface area contributed by atoms with E-state index in [1.165, 1.54) is 6.07 Å². The number of nitrogens with one attached hydrogen (secondary N) is 1. The molecule has 0 unspecified atom stereocenters. The Kier molecular flexibility index (Phi) is 4.71. The molecule has 1 heterocycles. The Morgan fingerprint density at radius 1 is 1.43 bits per heavy atom. The molecule has 110 valence electrons. The first kappa shape index (κ1) is 15.2. The first-order valence-corrected chi connectivity index (χ1v) is 6.94. The fraction of sp³-hybridized carbons (Fsp3) is 0.375. The highest BCUT2D eigenvalue weighted by molar-refractivity contribution is 5.32. The van der Waals surface area contributed by atoms with Gasteiger partial charge >= 0.3 is 0 Å². The molecule has 0 radical (unpaired) electrons. The van der Waals surface area contributed by atoms with Crippen LogP contribution in [0, 0.1) is 24.1 Å². The molecule has 1 aromatic heterocycles. The maximum atomic E-state index is 13.8. The molecule has 0 amide bonds. The summed E-state index contributed by atoms with van der Waals surface area (Å²) in [6.07, 6.45) is 3.81. The van der Waals surface area contributed by atoms with E-state index in [-0.39, 0.29) is 17.9 Å². The van der Waals surface area contributed by atoms with Crippen molar-refractivity contribution in [1.82, 2.24) is 15.1 Å². The number of hydrogen-bond acceptors (Lipinski definition) is 3. The molecule has 0 aliphatic carbocycles. The standard InChI is InChI=1S/C16H19FN4/c1-11-8-20-21(10-11)13(3)12(2)19-9-15-5-4-14(7-18)6-16(15)17/h4-6,8,10,12-13,19H,9H2,1-3H3/t12-,13-/m0/s1. The zero-order chi connectivity index (χ0) is 15.4. The third-order valence-electron chi connectivity index (χ3n) is 3.67. The predicted octanol–water partition coefficient (Wildman–Crippen LogP) is 2.94. The average Bonchev–Trinajstić information content (AvgIpc) is 2.91. The fourth-order valence-corrected chi connectivity index (χ4v) is 2.09. The molecule has 1 aromatic carbocycles. The van der Waals surface area contributed by atoms with Gasteiger partial charge in [0.1, 0.15) is 5.82 Å². The van der Waals surface area contributed by atoms with Crippen molar-refractivity contribution in [1.29, 1.82) is 5.26 Å². The summed E-state index contributed by atoms with van der Waals surface area (Å²) in [4.78, 5) is 0. The van der Waals surface area contributed by atoms with Crippen molar-refractivity contribution >= 4 is 0 Å². The molecule has 21 heavy (non-hydrogen) atoms. The van der Waals surface area contributed by atoms with Gasteiger partial charge in [0.25, 0.3) is 0 Å². The molecule has 1 N–H and O–H groups in total. The molecular formula is C16H19FN4. The minimum atomic E-state index is -0.351. The molecule has 0 aliphatic heterocycles. The second-order valence-corrected chi connectivity index (χ2v) is 5.33. The lowest BCUT2D eigenvalue weighted by Crippen LogP contribution is -2.33. The highest BCUT2D eigenvalue weighted by atomic mass is 19.1. The van der Waals surface area contributed by atoms with E-state index < -0.39 is 0 Å². The number of nitrogens with zero attached hydrogens (tertiary/aromatic N) is 3. The van der Waals surface area contributed by atoms with Gasteiger partial charge in [0.2, 0.25) is 0 Å². The van der Waals surface area contributed by atoms with Crippen LogP contribution in [0.1, 0.15) is 36.6 Å². The topological polar surface area (TPSA) is 53.6 Å². The summed E-state index contributed by atoms with van der Waals surface area (Å²) in [5.41, 5.74) is 2.02. The first-order valence-electron chi connectivity index (χ1n) is 6.94. The third-order valence-corrected chi connectivity index (χ3v) is 3.67. The molecule has 4 nitrogen and oxygen atoms in total. The van der Waals surface area contributed by atoms with Gasteiger partial charge in [-0.15, -0.1) is 0 Å². The van der Waals surface area contributed by atoms with Crippen molar-refractivity contribution in [3.63, 3.8) is 0 Å². The molecule has 0 spiro atoms. The quantitative estimate of drug-likeness (QED) is 0.919. The van der Waals surface area contributed by atoms with Gasteiger partial charge in [-0.25, -0.2) is 4.39 Å². The van der Waals surface area contributed by atoms with Gasteiger partial charge in [-0.05, 0) is 38.5 Å². The maximum Gasteiger partial charge on any atom is 0.129 e. The van der Waals surface area contributed by atoms with E-state index in [1.54, 1.807) is 12.1 Å². The van der Waals surface area contributed by atoms with E-state index >= 15 is 0 Å². The summed E-state index contributed by atoms with van der Waals surface area (Å²) in [6, 6.07) is 6.78. The Bertz CT molecular complexity index is 657. The summed E-state index contributed by atoms with van der Waals surface area (Å²) < 4.78 is 15.7. The lowest BCUT2D eigenvalue weighted by atomic mass is 10.1. The molecule has 2 atom stereocenters.